The van der Waals surface area contributed by atoms with E-state index >= 15 is 0 Å². The number of nitrogens with one attached hydrogen (secondary N) is 1. The van der Waals surface area contributed by atoms with Crippen molar-refractivity contribution in [2.45, 2.75) is 66.3 Å². The second kappa shape index (κ2) is 9.91. The molecule has 0 bridgehead atoms. The van der Waals surface area contributed by atoms with Crippen LogP contribution < -0.4 is 10.2 Å². The fourth-order valence-electron chi connectivity index (χ4n) is 5.04. The Labute approximate surface area is 188 Å². The summed E-state index contributed by atoms with van der Waals surface area (Å²) in [5, 5.41) is 4.19. The quantitative estimate of drug-likeness (QED) is 0.617. The van der Waals surface area contributed by atoms with Crippen LogP contribution in [0, 0.1) is 24.2 Å². The summed E-state index contributed by atoms with van der Waals surface area (Å²) < 4.78 is 0. The van der Waals surface area contributed by atoms with Crippen LogP contribution in [-0.4, -0.2) is 49.6 Å². The monoisotopic (exact) mass is 433 g/mol. The topological polar surface area (TPSA) is 35.6 Å². The van der Waals surface area contributed by atoms with Gasteiger partial charge in [0.2, 0.25) is 5.91 Å². The largest absolute Gasteiger partial charge is 0.368 e. The second-order valence-electron chi connectivity index (χ2n) is 10.5. The first-order chi connectivity index (χ1) is 14.2. The number of piperazine rings is 1. The molecule has 0 atom stereocenters. The molecule has 5 heteroatoms. The van der Waals surface area contributed by atoms with Crippen molar-refractivity contribution < 1.29 is 4.79 Å². The van der Waals surface area contributed by atoms with Crippen molar-refractivity contribution in [3.8, 4) is 0 Å². The lowest BCUT2D eigenvalue weighted by atomic mass is 9.76. The Morgan fingerprint density at radius 2 is 1.87 bits per heavy atom. The predicted molar refractivity (Wildman–Crippen MR) is 127 cm³/mol. The van der Waals surface area contributed by atoms with E-state index in [-0.39, 0.29) is 11.3 Å². The maximum absolute atomic E-state index is 12.6. The SMILES string of the molecule is Cc1cccc(N2CCN(CCC3CC(NC(=O)C(C)(C)CC(C)C)C3)CC2)c1Cl. The molecule has 3 rings (SSSR count). The van der Waals surface area contributed by atoms with Gasteiger partial charge in [0.05, 0.1) is 10.7 Å². The molecule has 1 aliphatic heterocycles. The lowest BCUT2D eigenvalue weighted by Crippen LogP contribution is -2.50. The van der Waals surface area contributed by atoms with Gasteiger partial charge in [-0.05, 0) is 62.6 Å². The highest BCUT2D eigenvalue weighted by atomic mass is 35.5. The summed E-state index contributed by atoms with van der Waals surface area (Å²) in [6, 6.07) is 6.69. The Hall–Kier alpha value is -1.26. The van der Waals surface area contributed by atoms with Crippen molar-refractivity contribution >= 4 is 23.2 Å². The molecule has 2 fully saturated rings. The molecule has 0 radical (unpaired) electrons. The van der Waals surface area contributed by atoms with E-state index in [2.05, 4.69) is 67.9 Å². The fraction of sp³-hybridized carbons (Fsp3) is 0.720. The minimum atomic E-state index is -0.265. The average molecular weight is 434 g/mol. The molecule has 1 N–H and O–H groups in total. The summed E-state index contributed by atoms with van der Waals surface area (Å²) in [5.74, 6) is 1.53. The van der Waals surface area contributed by atoms with E-state index in [4.69, 9.17) is 11.6 Å². The van der Waals surface area contributed by atoms with Gasteiger partial charge in [-0.2, -0.15) is 0 Å². The fourth-order valence-corrected chi connectivity index (χ4v) is 5.28. The summed E-state index contributed by atoms with van der Waals surface area (Å²) in [7, 11) is 0. The molecule has 0 spiro atoms. The molecule has 1 aliphatic carbocycles. The first-order valence-corrected chi connectivity index (χ1v) is 12.1. The van der Waals surface area contributed by atoms with E-state index in [1.807, 2.05) is 0 Å². The lowest BCUT2D eigenvalue weighted by Gasteiger charge is -2.40. The van der Waals surface area contributed by atoms with Crippen molar-refractivity contribution in [3.63, 3.8) is 0 Å². The van der Waals surface area contributed by atoms with Crippen LogP contribution in [0.15, 0.2) is 18.2 Å². The van der Waals surface area contributed by atoms with E-state index in [1.54, 1.807) is 0 Å². The van der Waals surface area contributed by atoms with E-state index in [1.165, 1.54) is 18.7 Å². The van der Waals surface area contributed by atoms with Crippen molar-refractivity contribution in [1.82, 2.24) is 10.2 Å². The third kappa shape index (κ3) is 5.91. The Bertz CT molecular complexity index is 719. The van der Waals surface area contributed by atoms with Crippen LogP contribution in [0.25, 0.3) is 0 Å². The third-order valence-electron chi connectivity index (χ3n) is 6.84. The van der Waals surface area contributed by atoms with Crippen LogP contribution in [0.3, 0.4) is 0 Å². The molecule has 1 amide bonds. The zero-order valence-corrected chi connectivity index (χ0v) is 20.3. The first-order valence-electron chi connectivity index (χ1n) is 11.7. The molecule has 1 aromatic rings. The highest BCUT2D eigenvalue weighted by Gasteiger charge is 2.35. The zero-order chi connectivity index (χ0) is 21.9. The Morgan fingerprint density at radius 1 is 1.20 bits per heavy atom. The van der Waals surface area contributed by atoms with Crippen LogP contribution in [0.2, 0.25) is 5.02 Å². The number of carbonyl (C=O) groups is 1. The van der Waals surface area contributed by atoms with Crippen LogP contribution in [0.1, 0.15) is 58.9 Å². The number of aryl methyl sites for hydroxylation is 1. The molecule has 0 unspecified atom stereocenters. The lowest BCUT2D eigenvalue weighted by molar-refractivity contribution is -0.131. The maximum atomic E-state index is 12.6. The number of amides is 1. The van der Waals surface area contributed by atoms with Crippen LogP contribution >= 0.6 is 11.6 Å². The number of carbonyl (C=O) groups excluding carboxylic acids is 1. The van der Waals surface area contributed by atoms with Crippen molar-refractivity contribution in [1.29, 1.82) is 0 Å². The number of anilines is 1. The van der Waals surface area contributed by atoms with E-state index in [9.17, 15) is 4.79 Å². The summed E-state index contributed by atoms with van der Waals surface area (Å²) in [6.07, 6.45) is 4.46. The summed E-state index contributed by atoms with van der Waals surface area (Å²) in [5.41, 5.74) is 2.06. The second-order valence-corrected chi connectivity index (χ2v) is 10.9. The number of halogens is 1. The van der Waals surface area contributed by atoms with Crippen LogP contribution in [0.5, 0.6) is 0 Å². The van der Waals surface area contributed by atoms with E-state index < -0.39 is 0 Å². The summed E-state index contributed by atoms with van der Waals surface area (Å²) >= 11 is 6.51. The first kappa shape index (κ1) is 23.4. The molecule has 1 heterocycles. The number of rotatable bonds is 8. The Balaban J connectivity index is 1.34. The minimum Gasteiger partial charge on any atom is -0.368 e. The highest BCUT2D eigenvalue weighted by molar-refractivity contribution is 6.34. The predicted octanol–water partition coefficient (Wildman–Crippen LogP) is 5.13. The van der Waals surface area contributed by atoms with Crippen molar-refractivity contribution in [3.05, 3.63) is 28.8 Å². The Kier molecular flexibility index (Phi) is 7.73. The summed E-state index contributed by atoms with van der Waals surface area (Å²) in [6.45, 7) is 16.0. The van der Waals surface area contributed by atoms with Gasteiger partial charge in [-0.25, -0.2) is 0 Å². The molecule has 1 saturated carbocycles. The normalized spacial score (nSPS) is 22.8. The van der Waals surface area contributed by atoms with Gasteiger partial charge in [-0.3, -0.25) is 9.69 Å². The molecule has 1 aromatic carbocycles. The maximum Gasteiger partial charge on any atom is 0.225 e. The van der Waals surface area contributed by atoms with Gasteiger partial charge < -0.3 is 10.2 Å². The zero-order valence-electron chi connectivity index (χ0n) is 19.5. The Morgan fingerprint density at radius 3 is 2.50 bits per heavy atom. The van der Waals surface area contributed by atoms with Crippen molar-refractivity contribution in [2.75, 3.05) is 37.6 Å². The van der Waals surface area contributed by atoms with Crippen molar-refractivity contribution in [2.24, 2.45) is 17.3 Å². The van der Waals surface area contributed by atoms with Gasteiger partial charge in [0.1, 0.15) is 0 Å². The van der Waals surface area contributed by atoms with Gasteiger partial charge in [0.25, 0.3) is 0 Å². The molecule has 1 saturated heterocycles. The molecule has 2 aliphatic rings. The number of benzene rings is 1. The molecule has 4 nitrogen and oxygen atoms in total. The highest BCUT2D eigenvalue weighted by Crippen LogP contribution is 2.33. The molecular weight excluding hydrogens is 394 g/mol. The standard InChI is InChI=1S/C25H40ClN3O/c1-18(2)17-25(4,5)24(30)27-21-15-20(16-21)9-10-28-11-13-29(14-12-28)22-8-6-7-19(3)23(22)26/h6-8,18,20-21H,9-17H2,1-5H3,(H,27,30). The number of hydrogen-bond donors (Lipinski definition) is 1. The van der Waals surface area contributed by atoms with Crippen LogP contribution in [-0.2, 0) is 4.79 Å². The molecular formula is C25H40ClN3O. The smallest absolute Gasteiger partial charge is 0.225 e. The van der Waals surface area contributed by atoms with E-state index in [0.717, 1.165) is 61.9 Å². The van der Waals surface area contributed by atoms with Crippen LogP contribution in [0.4, 0.5) is 5.69 Å². The van der Waals surface area contributed by atoms with Gasteiger partial charge in [0, 0.05) is 37.6 Å². The van der Waals surface area contributed by atoms with E-state index in [0.29, 0.717) is 12.0 Å². The van der Waals surface area contributed by atoms with Gasteiger partial charge in [-0.15, -0.1) is 0 Å². The number of hydrogen-bond acceptors (Lipinski definition) is 3. The average Bonchev–Trinajstić information content (AvgIpc) is 2.65. The molecule has 168 valence electrons. The third-order valence-corrected chi connectivity index (χ3v) is 7.33. The van der Waals surface area contributed by atoms with Gasteiger partial charge in [-0.1, -0.05) is 51.4 Å². The molecule has 0 aromatic heterocycles. The molecule has 30 heavy (non-hydrogen) atoms. The minimum absolute atomic E-state index is 0.227. The number of nitrogens with zero attached hydrogens (tertiary/aromatic N) is 2. The van der Waals surface area contributed by atoms with Gasteiger partial charge in [0.15, 0.2) is 0 Å². The summed E-state index contributed by atoms with van der Waals surface area (Å²) in [4.78, 5) is 17.6. The van der Waals surface area contributed by atoms with Gasteiger partial charge >= 0.3 is 0 Å².